The number of rotatable bonds is 10. The SMILES string of the molecule is CC(C)[O][Ta]([O]c1ccc(F)cc1)([O]C(C)C)([O]C(C)C)[O][Si](C)(C)C. The van der Waals surface area contributed by atoms with Crippen LogP contribution in [0.1, 0.15) is 41.5 Å². The van der Waals surface area contributed by atoms with Crippen molar-refractivity contribution in [3.63, 3.8) is 0 Å². The van der Waals surface area contributed by atoms with Gasteiger partial charge < -0.3 is 0 Å². The molecule has 1 aromatic carbocycles. The third-order valence-corrected chi connectivity index (χ3v) is 22.7. The Balaban J connectivity index is 3.58. The summed E-state index contributed by atoms with van der Waals surface area (Å²) in [7, 11) is -2.21. The minimum atomic E-state index is -5.70. The van der Waals surface area contributed by atoms with Crippen LogP contribution in [-0.4, -0.2) is 26.6 Å². The number of hydrogen-bond donors (Lipinski definition) is 0. The molecule has 0 N–H and O–H groups in total. The Morgan fingerprint density at radius 2 is 1.15 bits per heavy atom. The molecule has 0 atom stereocenters. The molecule has 0 aliphatic rings. The molecule has 0 aromatic heterocycles. The van der Waals surface area contributed by atoms with Gasteiger partial charge in [0.05, 0.1) is 0 Å². The van der Waals surface area contributed by atoms with Crippen molar-refractivity contribution in [1.82, 2.24) is 0 Å². The van der Waals surface area contributed by atoms with Crippen molar-refractivity contribution in [3.05, 3.63) is 30.1 Å². The summed E-state index contributed by atoms with van der Waals surface area (Å²) in [6.45, 7) is 17.5. The van der Waals surface area contributed by atoms with Crippen molar-refractivity contribution in [2.24, 2.45) is 0 Å². The van der Waals surface area contributed by atoms with Crippen LogP contribution in [0, 0.1) is 5.82 Å². The molecule has 1 aromatic rings. The maximum absolute atomic E-state index is 13.4. The molecule has 0 amide bonds. The van der Waals surface area contributed by atoms with Crippen LogP contribution in [0.2, 0.25) is 19.6 Å². The summed E-state index contributed by atoms with van der Waals surface area (Å²) in [5, 5.41) is 0. The molecule has 0 fully saturated rings. The molecule has 0 bridgehead atoms. The molecule has 0 spiro atoms. The average Bonchev–Trinajstić information content (AvgIpc) is 2.36. The van der Waals surface area contributed by atoms with Gasteiger partial charge in [0.2, 0.25) is 0 Å². The number of benzene rings is 1. The van der Waals surface area contributed by atoms with E-state index in [1.54, 1.807) is 0 Å². The zero-order valence-electron chi connectivity index (χ0n) is 17.4. The molecule has 1 rings (SSSR count). The number of halogens is 1. The van der Waals surface area contributed by atoms with Crippen molar-refractivity contribution in [1.29, 1.82) is 0 Å². The first-order valence-corrected chi connectivity index (χ1v) is 19.0. The molecule has 8 heteroatoms. The van der Waals surface area contributed by atoms with E-state index < -0.39 is 26.1 Å². The van der Waals surface area contributed by atoms with Gasteiger partial charge in [-0.15, -0.1) is 0 Å². The molecular formula is C18H34FO5SiTa. The average molecular weight is 558 g/mol. The zero-order chi connectivity index (χ0) is 20.2. The molecule has 0 unspecified atom stereocenters. The van der Waals surface area contributed by atoms with Crippen LogP contribution in [0.5, 0.6) is 5.75 Å². The van der Waals surface area contributed by atoms with E-state index in [1.165, 1.54) is 24.3 Å². The van der Waals surface area contributed by atoms with Crippen molar-refractivity contribution in [2.75, 3.05) is 0 Å². The fraction of sp³-hybridized carbons (Fsp3) is 0.667. The topological polar surface area (TPSA) is 46.2 Å². The van der Waals surface area contributed by atoms with Crippen molar-refractivity contribution < 1.29 is 38.1 Å². The van der Waals surface area contributed by atoms with Gasteiger partial charge in [0, 0.05) is 0 Å². The summed E-state index contributed by atoms with van der Waals surface area (Å²) < 4.78 is 45.2. The van der Waals surface area contributed by atoms with Crippen LogP contribution in [-0.2, 0) is 30.5 Å². The molecule has 0 aliphatic heterocycles. The van der Waals surface area contributed by atoms with Gasteiger partial charge in [-0.3, -0.25) is 0 Å². The maximum atomic E-state index is 13.4. The van der Waals surface area contributed by atoms with Crippen molar-refractivity contribution in [3.8, 4) is 5.75 Å². The third kappa shape index (κ3) is 7.40. The third-order valence-electron chi connectivity index (χ3n) is 2.64. The van der Waals surface area contributed by atoms with E-state index >= 15 is 0 Å². The van der Waals surface area contributed by atoms with Gasteiger partial charge in [-0.1, -0.05) is 0 Å². The Kier molecular flexibility index (Phi) is 8.08. The first-order chi connectivity index (χ1) is 11.7. The van der Waals surface area contributed by atoms with E-state index in [-0.39, 0.29) is 24.1 Å². The van der Waals surface area contributed by atoms with E-state index in [2.05, 4.69) is 0 Å². The molecule has 0 saturated heterocycles. The summed E-state index contributed by atoms with van der Waals surface area (Å²) in [4.78, 5) is 0. The molecule has 0 saturated carbocycles. The summed E-state index contributed by atoms with van der Waals surface area (Å²) in [5.41, 5.74) is 0. The fourth-order valence-electron chi connectivity index (χ4n) is 2.37. The van der Waals surface area contributed by atoms with Crippen molar-refractivity contribution >= 4 is 8.32 Å². The molecule has 0 aliphatic carbocycles. The second-order valence-corrected chi connectivity index (χ2v) is 22.6. The molecule has 152 valence electrons. The molecule has 0 heterocycles. The van der Waals surface area contributed by atoms with E-state index in [0.717, 1.165) is 0 Å². The molecular weight excluding hydrogens is 524 g/mol. The first kappa shape index (κ1) is 23.8. The fourth-order valence-corrected chi connectivity index (χ4v) is 25.0. The van der Waals surface area contributed by atoms with Crippen LogP contribution >= 0.6 is 0 Å². The first-order valence-electron chi connectivity index (χ1n) is 9.00. The quantitative estimate of drug-likeness (QED) is 0.350. The second-order valence-electron chi connectivity index (χ2n) is 7.96. The van der Waals surface area contributed by atoms with Crippen LogP contribution in [0.25, 0.3) is 0 Å². The normalized spacial score (nSPS) is 14.7. The van der Waals surface area contributed by atoms with Crippen molar-refractivity contribution in [2.45, 2.75) is 79.5 Å². The van der Waals surface area contributed by atoms with Gasteiger partial charge in [0.25, 0.3) is 0 Å². The van der Waals surface area contributed by atoms with Gasteiger partial charge in [-0.2, -0.15) is 0 Å². The molecule has 26 heavy (non-hydrogen) atoms. The Labute approximate surface area is 161 Å². The standard InChI is InChI=1S/C6H5FO.C3H9OSi.3C3H7O.Ta/c7-5-1-3-6(8)4-2-5;1-5(2,3)4;3*1-3(2)4;/h1-4,8H;1-3H3;3*3H,1-2H3;/q;4*-1;+5/p-1. The Hall–Kier alpha value is -0.253. The van der Waals surface area contributed by atoms with E-state index in [0.29, 0.717) is 5.75 Å². The summed E-state index contributed by atoms with van der Waals surface area (Å²) in [6.07, 6.45) is -0.717. The van der Waals surface area contributed by atoms with E-state index in [4.69, 9.17) is 15.9 Å². The van der Waals surface area contributed by atoms with Crippen LogP contribution in [0.3, 0.4) is 0 Å². The van der Waals surface area contributed by atoms with Crippen LogP contribution in [0.15, 0.2) is 24.3 Å². The molecule has 5 nitrogen and oxygen atoms in total. The second kappa shape index (κ2) is 8.83. The Morgan fingerprint density at radius 3 is 1.46 bits per heavy atom. The summed E-state index contributed by atoms with van der Waals surface area (Å²) in [5.74, 6) is 0.0531. The predicted octanol–water partition coefficient (Wildman–Crippen LogP) is 5.60. The van der Waals surface area contributed by atoms with Gasteiger partial charge in [-0.05, 0) is 0 Å². The molecule has 0 radical (unpaired) electrons. The number of hydrogen-bond acceptors (Lipinski definition) is 5. The summed E-state index contributed by atoms with van der Waals surface area (Å²) in [6, 6.07) is 5.73. The van der Waals surface area contributed by atoms with Crippen LogP contribution < -0.4 is 3.24 Å². The van der Waals surface area contributed by atoms with E-state index in [1.807, 2.05) is 61.2 Å². The van der Waals surface area contributed by atoms with Gasteiger partial charge in [0.1, 0.15) is 0 Å². The van der Waals surface area contributed by atoms with Gasteiger partial charge in [-0.25, -0.2) is 0 Å². The monoisotopic (exact) mass is 558 g/mol. The summed E-state index contributed by atoms with van der Waals surface area (Å²) >= 11 is -5.70. The minimum absolute atomic E-state index is 0.239. The zero-order valence-corrected chi connectivity index (χ0v) is 21.6. The Bertz CT molecular complexity index is 543. The predicted molar refractivity (Wildman–Crippen MR) is 100 cm³/mol. The van der Waals surface area contributed by atoms with Gasteiger partial charge in [0.15, 0.2) is 0 Å². The van der Waals surface area contributed by atoms with E-state index in [9.17, 15) is 4.39 Å². The van der Waals surface area contributed by atoms with Crippen LogP contribution in [0.4, 0.5) is 4.39 Å². The van der Waals surface area contributed by atoms with Gasteiger partial charge >= 0.3 is 162 Å². The Morgan fingerprint density at radius 1 is 0.769 bits per heavy atom.